The molecule has 1 N–H and O–H groups in total. The van der Waals surface area contributed by atoms with Crippen LogP contribution in [0, 0.1) is 6.92 Å². The first-order chi connectivity index (χ1) is 10.9. The summed E-state index contributed by atoms with van der Waals surface area (Å²) in [5.74, 6) is -1.04. The molecule has 0 radical (unpaired) electrons. The molecule has 3 aromatic rings. The second-order valence-corrected chi connectivity index (χ2v) is 5.72. The van der Waals surface area contributed by atoms with Gasteiger partial charge in [0.2, 0.25) is 0 Å². The smallest absolute Gasteiger partial charge is 0.358 e. The van der Waals surface area contributed by atoms with Crippen LogP contribution in [0.3, 0.4) is 0 Å². The minimum atomic E-state index is -1.18. The van der Waals surface area contributed by atoms with E-state index in [9.17, 15) is 9.90 Å². The first kappa shape index (κ1) is 15.5. The van der Waals surface area contributed by atoms with E-state index in [-0.39, 0.29) is 11.5 Å². The first-order valence-corrected chi connectivity index (χ1v) is 7.29. The number of carbonyl (C=O) groups is 1. The van der Waals surface area contributed by atoms with Gasteiger partial charge in [-0.25, -0.2) is 9.78 Å². The lowest BCUT2D eigenvalue weighted by atomic mass is 10.3. The summed E-state index contributed by atoms with van der Waals surface area (Å²) >= 11 is 11.8. The maximum Gasteiger partial charge on any atom is 0.358 e. The van der Waals surface area contributed by atoms with Gasteiger partial charge in [-0.3, -0.25) is 4.40 Å². The molecule has 0 amide bonds. The molecule has 3 rings (SSSR count). The molecular formula is C15H10Cl2N4O2. The van der Waals surface area contributed by atoms with Gasteiger partial charge in [-0.2, -0.15) is 0 Å². The number of hydrogen-bond donors (Lipinski definition) is 1. The number of aromatic nitrogens is 2. The Hall–Kier alpha value is -2.44. The molecular weight excluding hydrogens is 339 g/mol. The predicted octanol–water partition coefficient (Wildman–Crippen LogP) is 5.06. The lowest BCUT2D eigenvalue weighted by Crippen LogP contribution is -1.96. The summed E-state index contributed by atoms with van der Waals surface area (Å²) in [6.07, 6.45) is 1.74. The Morgan fingerprint density at radius 1 is 1.17 bits per heavy atom. The Morgan fingerprint density at radius 2 is 1.87 bits per heavy atom. The van der Waals surface area contributed by atoms with E-state index in [0.717, 1.165) is 5.56 Å². The predicted molar refractivity (Wildman–Crippen MR) is 87.5 cm³/mol. The van der Waals surface area contributed by atoms with Crippen LogP contribution in [-0.2, 0) is 0 Å². The Labute approximate surface area is 141 Å². The van der Waals surface area contributed by atoms with Crippen molar-refractivity contribution in [1.82, 2.24) is 9.38 Å². The summed E-state index contributed by atoms with van der Waals surface area (Å²) < 4.78 is 1.58. The molecule has 0 aliphatic carbocycles. The third kappa shape index (κ3) is 3.18. The summed E-state index contributed by atoms with van der Waals surface area (Å²) in [6.45, 7) is 1.89. The van der Waals surface area contributed by atoms with E-state index in [1.807, 2.05) is 13.0 Å². The highest BCUT2D eigenvalue weighted by atomic mass is 35.5. The van der Waals surface area contributed by atoms with Gasteiger partial charge in [0, 0.05) is 16.2 Å². The van der Waals surface area contributed by atoms with Gasteiger partial charge in [0.1, 0.15) is 5.65 Å². The Kier molecular flexibility index (Phi) is 4.02. The molecule has 2 aromatic heterocycles. The van der Waals surface area contributed by atoms with Crippen LogP contribution in [0.15, 0.2) is 46.8 Å². The molecule has 6 nitrogen and oxygen atoms in total. The number of pyridine rings is 1. The van der Waals surface area contributed by atoms with Crippen LogP contribution in [0.4, 0.5) is 11.5 Å². The quantitative estimate of drug-likeness (QED) is 0.671. The van der Waals surface area contributed by atoms with Crippen molar-refractivity contribution < 1.29 is 9.90 Å². The molecule has 0 saturated heterocycles. The molecule has 0 unspecified atom stereocenters. The van der Waals surface area contributed by atoms with Crippen LogP contribution < -0.4 is 0 Å². The molecule has 0 aliphatic rings. The minimum absolute atomic E-state index is 0.132. The molecule has 0 bridgehead atoms. The van der Waals surface area contributed by atoms with Crippen molar-refractivity contribution >= 4 is 46.3 Å². The number of halogens is 2. The number of benzene rings is 1. The molecule has 2 heterocycles. The normalized spacial score (nSPS) is 11.4. The zero-order valence-electron chi connectivity index (χ0n) is 11.9. The lowest BCUT2D eigenvalue weighted by Gasteiger charge is -1.99. The van der Waals surface area contributed by atoms with Crippen molar-refractivity contribution in [1.29, 1.82) is 0 Å². The topological polar surface area (TPSA) is 79.3 Å². The van der Waals surface area contributed by atoms with Crippen LogP contribution >= 0.6 is 23.2 Å². The van der Waals surface area contributed by atoms with E-state index in [2.05, 4.69) is 15.2 Å². The van der Waals surface area contributed by atoms with E-state index in [1.165, 1.54) is 0 Å². The second-order valence-electron chi connectivity index (χ2n) is 4.85. The SMILES string of the molecule is Cc1ccc2nc(C(=O)O)c(N=Nc3cc(Cl)cc(Cl)c3)n2c1. The molecule has 0 aliphatic heterocycles. The van der Waals surface area contributed by atoms with E-state index >= 15 is 0 Å². The summed E-state index contributed by atoms with van der Waals surface area (Å²) in [5.41, 5.74) is 1.66. The van der Waals surface area contributed by atoms with Gasteiger partial charge in [0.15, 0.2) is 11.5 Å². The Balaban J connectivity index is 2.14. The fraction of sp³-hybridized carbons (Fsp3) is 0.0667. The van der Waals surface area contributed by atoms with Crippen molar-refractivity contribution in [2.24, 2.45) is 10.2 Å². The van der Waals surface area contributed by atoms with Gasteiger partial charge in [-0.05, 0) is 36.8 Å². The van der Waals surface area contributed by atoms with Gasteiger partial charge in [-0.15, -0.1) is 10.2 Å². The van der Waals surface area contributed by atoms with Gasteiger partial charge in [0.05, 0.1) is 5.69 Å². The molecule has 0 spiro atoms. The van der Waals surface area contributed by atoms with Crippen molar-refractivity contribution in [2.75, 3.05) is 0 Å². The van der Waals surface area contributed by atoms with Gasteiger partial charge in [-0.1, -0.05) is 29.3 Å². The number of hydrogen-bond acceptors (Lipinski definition) is 4. The fourth-order valence-corrected chi connectivity index (χ4v) is 2.59. The standard InChI is InChI=1S/C15H10Cl2N4O2/c1-8-2-3-12-18-13(15(22)23)14(21(12)7-8)20-19-11-5-9(16)4-10(17)6-11/h2-7H,1H3,(H,22,23). The van der Waals surface area contributed by atoms with Crippen LogP contribution in [-0.4, -0.2) is 20.5 Å². The molecule has 23 heavy (non-hydrogen) atoms. The zero-order valence-corrected chi connectivity index (χ0v) is 13.4. The maximum absolute atomic E-state index is 11.4. The number of aryl methyl sites for hydroxylation is 1. The number of azo groups is 1. The van der Waals surface area contributed by atoms with Gasteiger partial charge < -0.3 is 5.11 Å². The monoisotopic (exact) mass is 348 g/mol. The van der Waals surface area contributed by atoms with E-state index in [4.69, 9.17) is 23.2 Å². The number of carboxylic acids is 1. The molecule has 8 heteroatoms. The largest absolute Gasteiger partial charge is 0.476 e. The average Bonchev–Trinajstić information content (AvgIpc) is 2.82. The van der Waals surface area contributed by atoms with Gasteiger partial charge >= 0.3 is 5.97 Å². The fourth-order valence-electron chi connectivity index (χ4n) is 2.08. The second kappa shape index (κ2) is 5.98. The van der Waals surface area contributed by atoms with Gasteiger partial charge in [0.25, 0.3) is 0 Å². The molecule has 0 saturated carbocycles. The Morgan fingerprint density at radius 3 is 2.52 bits per heavy atom. The molecule has 116 valence electrons. The number of aromatic carboxylic acids is 1. The van der Waals surface area contributed by atoms with Crippen LogP contribution in [0.25, 0.3) is 5.65 Å². The summed E-state index contributed by atoms with van der Waals surface area (Å²) in [4.78, 5) is 15.4. The van der Waals surface area contributed by atoms with Crippen LogP contribution in [0.5, 0.6) is 0 Å². The Bertz CT molecular complexity index is 930. The van der Waals surface area contributed by atoms with Crippen LogP contribution in [0.1, 0.15) is 16.1 Å². The van der Waals surface area contributed by atoms with Crippen molar-refractivity contribution in [3.05, 3.63) is 57.8 Å². The van der Waals surface area contributed by atoms with E-state index in [1.54, 1.807) is 34.9 Å². The molecule has 0 atom stereocenters. The third-order valence-corrected chi connectivity index (χ3v) is 3.49. The van der Waals surface area contributed by atoms with Crippen LogP contribution in [0.2, 0.25) is 10.0 Å². The number of rotatable bonds is 3. The van der Waals surface area contributed by atoms with Crippen molar-refractivity contribution in [2.45, 2.75) is 6.92 Å². The number of carboxylic acid groups (broad SMARTS) is 1. The lowest BCUT2D eigenvalue weighted by molar-refractivity contribution is 0.0692. The first-order valence-electron chi connectivity index (χ1n) is 6.54. The van der Waals surface area contributed by atoms with Crippen molar-refractivity contribution in [3.8, 4) is 0 Å². The number of nitrogens with zero attached hydrogens (tertiary/aromatic N) is 4. The minimum Gasteiger partial charge on any atom is -0.476 e. The third-order valence-electron chi connectivity index (χ3n) is 3.05. The zero-order chi connectivity index (χ0) is 16.6. The summed E-state index contributed by atoms with van der Waals surface area (Å²) in [6, 6.07) is 8.28. The molecule has 0 fully saturated rings. The molecule has 1 aromatic carbocycles. The van der Waals surface area contributed by atoms with E-state index < -0.39 is 5.97 Å². The maximum atomic E-state index is 11.4. The average molecular weight is 349 g/mol. The highest BCUT2D eigenvalue weighted by molar-refractivity contribution is 6.35. The highest BCUT2D eigenvalue weighted by Crippen LogP contribution is 2.28. The van der Waals surface area contributed by atoms with E-state index in [0.29, 0.717) is 21.4 Å². The summed E-state index contributed by atoms with van der Waals surface area (Å²) in [5, 5.41) is 18.2. The number of fused-ring (bicyclic) bond motifs is 1. The van der Waals surface area contributed by atoms with Crippen molar-refractivity contribution in [3.63, 3.8) is 0 Å². The number of imidazole rings is 1. The summed E-state index contributed by atoms with van der Waals surface area (Å²) in [7, 11) is 0. The highest BCUT2D eigenvalue weighted by Gasteiger charge is 2.18.